The molecule has 0 saturated heterocycles. The highest BCUT2D eigenvalue weighted by Crippen LogP contribution is 2.10. The summed E-state index contributed by atoms with van der Waals surface area (Å²) < 4.78 is 4.99. The van der Waals surface area contributed by atoms with E-state index in [0.717, 1.165) is 11.3 Å². The number of benzene rings is 1. The minimum absolute atomic E-state index is 0.158. The van der Waals surface area contributed by atoms with Gasteiger partial charge in [0.2, 0.25) is 0 Å². The fourth-order valence-electron chi connectivity index (χ4n) is 1.09. The van der Waals surface area contributed by atoms with E-state index in [2.05, 4.69) is 11.9 Å². The molecule has 0 aliphatic rings. The topological polar surface area (TPSA) is 38.3 Å². The van der Waals surface area contributed by atoms with Crippen molar-refractivity contribution in [1.82, 2.24) is 0 Å². The van der Waals surface area contributed by atoms with Crippen LogP contribution in [0.25, 0.3) is 0 Å². The van der Waals surface area contributed by atoms with Gasteiger partial charge in [-0.15, -0.1) is 0 Å². The summed E-state index contributed by atoms with van der Waals surface area (Å²) in [6.45, 7) is 5.82. The van der Waals surface area contributed by atoms with Crippen LogP contribution in [0.1, 0.15) is 12.5 Å². The zero-order valence-electron chi connectivity index (χ0n) is 9.04. The molecule has 1 aromatic rings. The van der Waals surface area contributed by atoms with Gasteiger partial charge in [0.1, 0.15) is 0 Å². The van der Waals surface area contributed by atoms with Crippen molar-refractivity contribution in [2.45, 2.75) is 13.5 Å². The second-order valence-electron chi connectivity index (χ2n) is 3.36. The maximum absolute atomic E-state index is 11.3. The number of amides is 1. The predicted octanol–water partition coefficient (Wildman–Crippen LogP) is 2.35. The van der Waals surface area contributed by atoms with Gasteiger partial charge < -0.3 is 10.1 Å². The highest BCUT2D eigenvalue weighted by Gasteiger charge is 2.01. The number of carbonyl (C=O) groups excluding carboxylic acids is 1. The van der Waals surface area contributed by atoms with Gasteiger partial charge in [-0.2, -0.15) is 0 Å². The van der Waals surface area contributed by atoms with Crippen LogP contribution in [0.4, 0.5) is 5.69 Å². The molecule has 1 amide bonds. The van der Waals surface area contributed by atoms with Crippen LogP contribution in [0.2, 0.25) is 0 Å². The van der Waals surface area contributed by atoms with E-state index in [1.807, 2.05) is 24.3 Å². The number of anilines is 1. The Hall–Kier alpha value is -1.61. The van der Waals surface area contributed by atoms with Crippen LogP contribution in [-0.2, 0) is 16.1 Å². The first-order chi connectivity index (χ1) is 7.13. The highest BCUT2D eigenvalue weighted by atomic mass is 16.5. The number of carbonyl (C=O) groups is 1. The summed E-state index contributed by atoms with van der Waals surface area (Å²) in [5, 5.41) is 2.73. The largest absolute Gasteiger partial charge is 0.380 e. The first-order valence-electron chi connectivity index (χ1n) is 4.68. The second kappa shape index (κ2) is 5.32. The molecule has 0 saturated carbocycles. The summed E-state index contributed by atoms with van der Waals surface area (Å²) in [5.74, 6) is -0.158. The van der Waals surface area contributed by atoms with Gasteiger partial charge in [0.15, 0.2) is 0 Å². The Kier molecular flexibility index (Phi) is 4.06. The quantitative estimate of drug-likeness (QED) is 0.766. The van der Waals surface area contributed by atoms with Gasteiger partial charge in [-0.05, 0) is 24.6 Å². The van der Waals surface area contributed by atoms with E-state index < -0.39 is 0 Å². The third kappa shape index (κ3) is 3.56. The zero-order chi connectivity index (χ0) is 11.3. The molecular weight excluding hydrogens is 190 g/mol. The Labute approximate surface area is 89.8 Å². The van der Waals surface area contributed by atoms with Gasteiger partial charge in [0.25, 0.3) is 5.91 Å². The van der Waals surface area contributed by atoms with Crippen LogP contribution in [0.15, 0.2) is 36.4 Å². The van der Waals surface area contributed by atoms with Gasteiger partial charge in [0, 0.05) is 18.4 Å². The Morgan fingerprint density at radius 2 is 2.00 bits per heavy atom. The maximum atomic E-state index is 11.3. The van der Waals surface area contributed by atoms with E-state index >= 15 is 0 Å². The van der Waals surface area contributed by atoms with Crippen molar-refractivity contribution in [2.75, 3.05) is 12.4 Å². The summed E-state index contributed by atoms with van der Waals surface area (Å²) in [6, 6.07) is 7.51. The molecule has 0 heterocycles. The van der Waals surface area contributed by atoms with Crippen LogP contribution in [0.5, 0.6) is 0 Å². The molecule has 0 aromatic heterocycles. The van der Waals surface area contributed by atoms with Crippen molar-refractivity contribution in [3.05, 3.63) is 42.0 Å². The number of hydrogen-bond acceptors (Lipinski definition) is 2. The SMILES string of the molecule is C=C(C)C(=O)Nc1ccc(COC)cc1. The number of methoxy groups -OCH3 is 1. The molecule has 0 bridgehead atoms. The Morgan fingerprint density at radius 1 is 1.40 bits per heavy atom. The smallest absolute Gasteiger partial charge is 0.250 e. The molecule has 0 atom stereocenters. The fraction of sp³-hybridized carbons (Fsp3) is 0.250. The minimum atomic E-state index is -0.158. The summed E-state index contributed by atoms with van der Waals surface area (Å²) in [7, 11) is 1.65. The Balaban J connectivity index is 2.64. The lowest BCUT2D eigenvalue weighted by Crippen LogP contribution is -2.11. The van der Waals surface area contributed by atoms with E-state index in [-0.39, 0.29) is 5.91 Å². The Bertz CT molecular complexity index is 354. The molecule has 1 rings (SSSR count). The zero-order valence-corrected chi connectivity index (χ0v) is 9.04. The number of rotatable bonds is 4. The molecule has 0 spiro atoms. The monoisotopic (exact) mass is 205 g/mol. The molecule has 1 aromatic carbocycles. The molecule has 0 radical (unpaired) electrons. The third-order valence-corrected chi connectivity index (χ3v) is 1.91. The van der Waals surface area contributed by atoms with Gasteiger partial charge in [0.05, 0.1) is 6.61 Å². The molecule has 0 aliphatic heterocycles. The molecule has 3 nitrogen and oxygen atoms in total. The molecule has 3 heteroatoms. The Morgan fingerprint density at radius 3 is 2.47 bits per heavy atom. The first-order valence-corrected chi connectivity index (χ1v) is 4.68. The molecule has 80 valence electrons. The predicted molar refractivity (Wildman–Crippen MR) is 60.6 cm³/mol. The van der Waals surface area contributed by atoms with E-state index in [9.17, 15) is 4.79 Å². The second-order valence-corrected chi connectivity index (χ2v) is 3.36. The van der Waals surface area contributed by atoms with Crippen LogP contribution < -0.4 is 5.32 Å². The van der Waals surface area contributed by atoms with Crippen molar-refractivity contribution in [1.29, 1.82) is 0 Å². The lowest BCUT2D eigenvalue weighted by atomic mass is 10.2. The van der Waals surface area contributed by atoms with Crippen LogP contribution >= 0.6 is 0 Å². The number of nitrogens with one attached hydrogen (secondary N) is 1. The van der Waals surface area contributed by atoms with Crippen molar-refractivity contribution in [3.8, 4) is 0 Å². The number of ether oxygens (including phenoxy) is 1. The standard InChI is InChI=1S/C12H15NO2/c1-9(2)12(14)13-11-6-4-10(5-7-11)8-15-3/h4-7H,1,8H2,2-3H3,(H,13,14). The van der Waals surface area contributed by atoms with Gasteiger partial charge in [-0.25, -0.2) is 0 Å². The molecular formula is C12H15NO2. The lowest BCUT2D eigenvalue weighted by molar-refractivity contribution is -0.112. The minimum Gasteiger partial charge on any atom is -0.380 e. The van der Waals surface area contributed by atoms with Gasteiger partial charge in [-0.3, -0.25) is 4.79 Å². The molecule has 15 heavy (non-hydrogen) atoms. The average molecular weight is 205 g/mol. The fourth-order valence-corrected chi connectivity index (χ4v) is 1.09. The summed E-state index contributed by atoms with van der Waals surface area (Å²) in [5.41, 5.74) is 2.34. The van der Waals surface area contributed by atoms with Crippen molar-refractivity contribution in [2.24, 2.45) is 0 Å². The van der Waals surface area contributed by atoms with Crippen molar-refractivity contribution < 1.29 is 9.53 Å². The summed E-state index contributed by atoms with van der Waals surface area (Å²) >= 11 is 0. The molecule has 0 aliphatic carbocycles. The first kappa shape index (κ1) is 11.5. The third-order valence-electron chi connectivity index (χ3n) is 1.91. The van der Waals surface area contributed by atoms with E-state index in [1.165, 1.54) is 0 Å². The maximum Gasteiger partial charge on any atom is 0.250 e. The van der Waals surface area contributed by atoms with Gasteiger partial charge >= 0.3 is 0 Å². The lowest BCUT2D eigenvalue weighted by Gasteiger charge is -2.05. The van der Waals surface area contributed by atoms with E-state index in [4.69, 9.17) is 4.74 Å². The molecule has 0 fully saturated rings. The van der Waals surface area contributed by atoms with E-state index in [1.54, 1.807) is 14.0 Å². The van der Waals surface area contributed by atoms with Crippen molar-refractivity contribution >= 4 is 11.6 Å². The highest BCUT2D eigenvalue weighted by molar-refractivity contribution is 6.02. The van der Waals surface area contributed by atoms with E-state index in [0.29, 0.717) is 12.2 Å². The molecule has 0 unspecified atom stereocenters. The van der Waals surface area contributed by atoms with Crippen LogP contribution in [0, 0.1) is 0 Å². The normalized spacial score (nSPS) is 9.73. The average Bonchev–Trinajstić information content (AvgIpc) is 2.21. The van der Waals surface area contributed by atoms with Gasteiger partial charge in [-0.1, -0.05) is 18.7 Å². The van der Waals surface area contributed by atoms with Crippen LogP contribution in [-0.4, -0.2) is 13.0 Å². The van der Waals surface area contributed by atoms with Crippen LogP contribution in [0.3, 0.4) is 0 Å². The molecule has 1 N–H and O–H groups in total. The van der Waals surface area contributed by atoms with Crippen molar-refractivity contribution in [3.63, 3.8) is 0 Å². The summed E-state index contributed by atoms with van der Waals surface area (Å²) in [4.78, 5) is 11.3. The summed E-state index contributed by atoms with van der Waals surface area (Å²) in [6.07, 6.45) is 0. The number of hydrogen-bond donors (Lipinski definition) is 1.